The average molecular weight is 354 g/mol. The van der Waals surface area contributed by atoms with E-state index in [1.807, 2.05) is 0 Å². The molecule has 2 aromatic heterocycles. The molecule has 0 unspecified atom stereocenters. The first-order valence-electron chi connectivity index (χ1n) is 7.42. The Balaban J connectivity index is 1.64. The third-order valence-corrected chi connectivity index (χ3v) is 4.20. The number of ketones is 1. The van der Waals surface area contributed by atoms with Gasteiger partial charge in [0.25, 0.3) is 0 Å². The van der Waals surface area contributed by atoms with Crippen LogP contribution in [0.15, 0.2) is 58.6 Å². The van der Waals surface area contributed by atoms with Gasteiger partial charge in [0, 0.05) is 17.4 Å². The molecule has 0 saturated heterocycles. The molecule has 0 aliphatic rings. The van der Waals surface area contributed by atoms with Crippen molar-refractivity contribution in [2.75, 3.05) is 11.1 Å². The fraction of sp³-hybridized carbons (Fsp3) is 0.118. The van der Waals surface area contributed by atoms with Crippen molar-refractivity contribution < 1.29 is 9.59 Å². The van der Waals surface area contributed by atoms with Gasteiger partial charge in [-0.1, -0.05) is 17.8 Å². The lowest BCUT2D eigenvalue weighted by Crippen LogP contribution is -2.20. The molecule has 0 aliphatic carbocycles. The van der Waals surface area contributed by atoms with Crippen molar-refractivity contribution in [3.63, 3.8) is 0 Å². The minimum atomic E-state index is -0.437. The van der Waals surface area contributed by atoms with Crippen molar-refractivity contribution in [1.29, 1.82) is 0 Å². The number of nitrogens with one attached hydrogen (secondary N) is 1. The zero-order chi connectivity index (χ0) is 17.8. The lowest BCUT2D eigenvalue weighted by molar-refractivity contribution is -0.113. The summed E-state index contributed by atoms with van der Waals surface area (Å²) in [5.41, 5.74) is 1.21. The Morgan fingerprint density at radius 2 is 1.88 bits per heavy atom. The highest BCUT2D eigenvalue weighted by molar-refractivity contribution is 7.99. The van der Waals surface area contributed by atoms with E-state index in [0.717, 1.165) is 11.8 Å². The molecule has 3 aromatic rings. The molecule has 1 amide bonds. The van der Waals surface area contributed by atoms with Gasteiger partial charge in [-0.2, -0.15) is 4.98 Å². The van der Waals surface area contributed by atoms with Crippen LogP contribution in [-0.2, 0) is 4.79 Å². The Kier molecular flexibility index (Phi) is 4.90. The largest absolute Gasteiger partial charge is 0.355 e. The second-order valence-corrected chi connectivity index (χ2v) is 6.13. The SMILES string of the molecule is CC(=O)c1ccc(NC(=O)CSc2nc(=O)n3ccccc3n2)cc1. The lowest BCUT2D eigenvalue weighted by Gasteiger charge is -2.06. The summed E-state index contributed by atoms with van der Waals surface area (Å²) in [6, 6.07) is 11.8. The number of aromatic nitrogens is 3. The second-order valence-electron chi connectivity index (χ2n) is 5.19. The van der Waals surface area contributed by atoms with Crippen LogP contribution in [0.5, 0.6) is 0 Å². The number of amides is 1. The van der Waals surface area contributed by atoms with Gasteiger partial charge >= 0.3 is 5.69 Å². The monoisotopic (exact) mass is 354 g/mol. The van der Waals surface area contributed by atoms with Crippen LogP contribution in [0.1, 0.15) is 17.3 Å². The van der Waals surface area contributed by atoms with Crippen molar-refractivity contribution in [2.45, 2.75) is 12.1 Å². The number of fused-ring (bicyclic) bond motifs is 1. The number of rotatable bonds is 5. The molecule has 0 spiro atoms. The molecule has 0 fully saturated rings. The van der Waals surface area contributed by atoms with Crippen LogP contribution < -0.4 is 11.0 Å². The van der Waals surface area contributed by atoms with Crippen molar-refractivity contribution in [3.05, 3.63) is 64.7 Å². The van der Waals surface area contributed by atoms with E-state index in [1.54, 1.807) is 48.7 Å². The molecule has 0 bridgehead atoms. The van der Waals surface area contributed by atoms with Crippen LogP contribution in [-0.4, -0.2) is 31.8 Å². The van der Waals surface area contributed by atoms with Gasteiger partial charge in [0.2, 0.25) is 5.91 Å². The van der Waals surface area contributed by atoms with Gasteiger partial charge in [0.1, 0.15) is 5.65 Å². The molecule has 25 heavy (non-hydrogen) atoms. The summed E-state index contributed by atoms with van der Waals surface area (Å²) in [5, 5.41) is 2.97. The van der Waals surface area contributed by atoms with Crippen molar-refractivity contribution >= 4 is 34.8 Å². The van der Waals surface area contributed by atoms with Gasteiger partial charge < -0.3 is 5.32 Å². The average Bonchev–Trinajstić information content (AvgIpc) is 2.60. The Morgan fingerprint density at radius 1 is 1.12 bits per heavy atom. The third kappa shape index (κ3) is 4.10. The topological polar surface area (TPSA) is 93.4 Å². The van der Waals surface area contributed by atoms with Gasteiger partial charge in [-0.25, -0.2) is 9.78 Å². The third-order valence-electron chi connectivity index (χ3n) is 3.35. The highest BCUT2D eigenvalue weighted by Gasteiger charge is 2.08. The number of pyridine rings is 1. The molecule has 2 heterocycles. The van der Waals surface area contributed by atoms with Gasteiger partial charge in [0.15, 0.2) is 10.9 Å². The van der Waals surface area contributed by atoms with E-state index < -0.39 is 5.69 Å². The van der Waals surface area contributed by atoms with E-state index in [9.17, 15) is 14.4 Å². The molecule has 0 atom stereocenters. The maximum absolute atomic E-state index is 12.0. The van der Waals surface area contributed by atoms with E-state index in [4.69, 9.17) is 0 Å². The van der Waals surface area contributed by atoms with Crippen LogP contribution in [0.4, 0.5) is 5.69 Å². The van der Waals surface area contributed by atoms with E-state index in [-0.39, 0.29) is 22.6 Å². The standard InChI is InChI=1S/C17H14N4O3S/c1-11(22)12-5-7-13(8-6-12)18-15(23)10-25-16-19-14-4-2-3-9-21(14)17(24)20-16/h2-9H,10H2,1H3,(H,18,23). The molecule has 1 aromatic carbocycles. The number of Topliss-reactive ketones (excluding diaryl/α,β-unsaturated/α-hetero) is 1. The second kappa shape index (κ2) is 7.27. The number of hydrogen-bond acceptors (Lipinski definition) is 6. The van der Waals surface area contributed by atoms with Crippen molar-refractivity contribution in [3.8, 4) is 0 Å². The maximum Gasteiger partial charge on any atom is 0.355 e. The Labute approximate surface area is 147 Å². The molecule has 8 heteroatoms. The number of carbonyl (C=O) groups excluding carboxylic acids is 2. The Hall–Kier alpha value is -3.00. The minimum absolute atomic E-state index is 0.0341. The summed E-state index contributed by atoms with van der Waals surface area (Å²) in [5.74, 6) is -0.220. The molecule has 0 radical (unpaired) electrons. The van der Waals surface area contributed by atoms with Gasteiger partial charge in [0.05, 0.1) is 5.75 Å². The summed E-state index contributed by atoms with van der Waals surface area (Å²) in [6.45, 7) is 1.48. The molecule has 1 N–H and O–H groups in total. The van der Waals surface area contributed by atoms with Crippen LogP contribution in [0.2, 0.25) is 0 Å². The normalized spacial score (nSPS) is 10.6. The van der Waals surface area contributed by atoms with Gasteiger partial charge in [-0.3, -0.25) is 14.0 Å². The van der Waals surface area contributed by atoms with Gasteiger partial charge in [-0.05, 0) is 43.3 Å². The van der Waals surface area contributed by atoms with Gasteiger partial charge in [-0.15, -0.1) is 0 Å². The number of hydrogen-bond donors (Lipinski definition) is 1. The number of thioether (sulfide) groups is 1. The summed E-state index contributed by atoms with van der Waals surface area (Å²) >= 11 is 1.08. The Bertz CT molecular complexity index is 999. The predicted molar refractivity (Wildman–Crippen MR) is 95.1 cm³/mol. The smallest absolute Gasteiger partial charge is 0.325 e. The minimum Gasteiger partial charge on any atom is -0.325 e. The molecular weight excluding hydrogens is 340 g/mol. The zero-order valence-corrected chi connectivity index (χ0v) is 14.1. The predicted octanol–water partition coefficient (Wildman–Crippen LogP) is 2.02. The summed E-state index contributed by atoms with van der Waals surface area (Å²) in [4.78, 5) is 43.2. The molecule has 7 nitrogen and oxygen atoms in total. The first-order valence-corrected chi connectivity index (χ1v) is 8.40. The van der Waals surface area contributed by atoms with Crippen LogP contribution in [0.3, 0.4) is 0 Å². The zero-order valence-electron chi connectivity index (χ0n) is 13.3. The molecule has 3 rings (SSSR count). The van der Waals surface area contributed by atoms with Crippen LogP contribution >= 0.6 is 11.8 Å². The van der Waals surface area contributed by atoms with E-state index in [2.05, 4.69) is 15.3 Å². The first-order chi connectivity index (χ1) is 12.0. The highest BCUT2D eigenvalue weighted by atomic mass is 32.2. The van der Waals surface area contributed by atoms with Crippen molar-refractivity contribution in [1.82, 2.24) is 14.4 Å². The molecular formula is C17H14N4O3S. The molecule has 0 aliphatic heterocycles. The molecule has 0 saturated carbocycles. The molecule has 126 valence electrons. The van der Waals surface area contributed by atoms with Crippen LogP contribution in [0, 0.1) is 0 Å². The quantitative estimate of drug-likeness (QED) is 0.556. The fourth-order valence-electron chi connectivity index (χ4n) is 2.13. The lowest BCUT2D eigenvalue weighted by atomic mass is 10.1. The number of benzene rings is 1. The maximum atomic E-state index is 12.0. The van der Waals surface area contributed by atoms with E-state index >= 15 is 0 Å². The fourth-order valence-corrected chi connectivity index (χ4v) is 2.76. The van der Waals surface area contributed by atoms with E-state index in [0.29, 0.717) is 16.9 Å². The number of carbonyl (C=O) groups is 2. The van der Waals surface area contributed by atoms with E-state index in [1.165, 1.54) is 11.3 Å². The summed E-state index contributed by atoms with van der Waals surface area (Å²) < 4.78 is 1.33. The number of anilines is 1. The first kappa shape index (κ1) is 16.8. The Morgan fingerprint density at radius 3 is 2.60 bits per heavy atom. The highest BCUT2D eigenvalue weighted by Crippen LogP contribution is 2.14. The van der Waals surface area contributed by atoms with Crippen molar-refractivity contribution in [2.24, 2.45) is 0 Å². The summed E-state index contributed by atoms with van der Waals surface area (Å²) in [6.07, 6.45) is 1.59. The summed E-state index contributed by atoms with van der Waals surface area (Å²) in [7, 11) is 0. The van der Waals surface area contributed by atoms with Crippen LogP contribution in [0.25, 0.3) is 5.65 Å². The number of nitrogens with zero attached hydrogens (tertiary/aromatic N) is 3.